The first-order chi connectivity index (χ1) is 8.94. The van der Waals surface area contributed by atoms with Crippen LogP contribution in [0.15, 0.2) is 23.4 Å². The van der Waals surface area contributed by atoms with E-state index in [1.807, 2.05) is 17.0 Å². The Labute approximate surface area is 119 Å². The summed E-state index contributed by atoms with van der Waals surface area (Å²) in [5.74, 6) is 0. The largest absolute Gasteiger partial charge is 0.334 e. The molecule has 4 nitrogen and oxygen atoms in total. The Morgan fingerprint density at radius 3 is 2.79 bits per heavy atom. The van der Waals surface area contributed by atoms with Crippen molar-refractivity contribution in [3.63, 3.8) is 0 Å². The lowest BCUT2D eigenvalue weighted by molar-refractivity contribution is 0.167. The molecule has 2 rings (SSSR count). The van der Waals surface area contributed by atoms with Crippen molar-refractivity contribution >= 4 is 17.8 Å². The summed E-state index contributed by atoms with van der Waals surface area (Å²) in [5.41, 5.74) is 1.09. The van der Waals surface area contributed by atoms with Crippen LogP contribution in [0.5, 0.6) is 0 Å². The van der Waals surface area contributed by atoms with Gasteiger partial charge in [0.05, 0.1) is 5.03 Å². The molecule has 0 radical (unpaired) electrons. The number of aromatic nitrogens is 1. The van der Waals surface area contributed by atoms with Gasteiger partial charge in [0.15, 0.2) is 0 Å². The van der Waals surface area contributed by atoms with Crippen molar-refractivity contribution in [1.29, 1.82) is 0 Å². The van der Waals surface area contributed by atoms with Crippen LogP contribution < -0.4 is 5.32 Å². The third-order valence-electron chi connectivity index (χ3n) is 2.80. The molecule has 0 aromatic carbocycles. The highest BCUT2D eigenvalue weighted by Crippen LogP contribution is 2.30. The molecule has 2 heterocycles. The molecule has 19 heavy (non-hydrogen) atoms. The SMILES string of the molecule is CC(C)(C)Sc1cc(CNC(=O)N2CCC2)ccn1. The summed E-state index contributed by atoms with van der Waals surface area (Å²) in [6, 6.07) is 4.03. The third kappa shape index (κ3) is 4.42. The molecule has 2 amide bonds. The van der Waals surface area contributed by atoms with Gasteiger partial charge in [-0.25, -0.2) is 9.78 Å². The Morgan fingerprint density at radius 1 is 1.47 bits per heavy atom. The highest BCUT2D eigenvalue weighted by molar-refractivity contribution is 8.00. The van der Waals surface area contributed by atoms with Crippen LogP contribution in [0, 0.1) is 0 Å². The standard InChI is InChI=1S/C14H21N3OS/c1-14(2,3)19-12-9-11(5-6-15-12)10-16-13(18)17-7-4-8-17/h5-6,9H,4,7-8,10H2,1-3H3,(H,16,18). The highest BCUT2D eigenvalue weighted by atomic mass is 32.2. The Hall–Kier alpha value is -1.23. The number of amides is 2. The van der Waals surface area contributed by atoms with Gasteiger partial charge in [-0.3, -0.25) is 0 Å². The maximum absolute atomic E-state index is 11.7. The first-order valence-corrected chi connectivity index (χ1v) is 7.42. The quantitative estimate of drug-likeness (QED) is 0.865. The smallest absolute Gasteiger partial charge is 0.317 e. The molecule has 0 aliphatic carbocycles. The zero-order valence-electron chi connectivity index (χ0n) is 11.8. The fourth-order valence-electron chi connectivity index (χ4n) is 1.74. The highest BCUT2D eigenvalue weighted by Gasteiger charge is 2.19. The van der Waals surface area contributed by atoms with Crippen molar-refractivity contribution in [2.75, 3.05) is 13.1 Å². The van der Waals surface area contributed by atoms with E-state index in [0.717, 1.165) is 30.1 Å². The fourth-order valence-corrected chi connectivity index (χ4v) is 2.69. The normalized spacial score (nSPS) is 15.0. The van der Waals surface area contributed by atoms with Gasteiger partial charge >= 0.3 is 6.03 Å². The molecule has 1 aromatic heterocycles. The topological polar surface area (TPSA) is 45.2 Å². The summed E-state index contributed by atoms with van der Waals surface area (Å²) in [6.45, 7) is 8.82. The number of nitrogens with one attached hydrogen (secondary N) is 1. The van der Waals surface area contributed by atoms with E-state index in [2.05, 4.69) is 31.1 Å². The van der Waals surface area contributed by atoms with Gasteiger partial charge in [0.1, 0.15) is 0 Å². The monoisotopic (exact) mass is 279 g/mol. The lowest BCUT2D eigenvalue weighted by Gasteiger charge is -2.30. The fraction of sp³-hybridized carbons (Fsp3) is 0.571. The van der Waals surface area contributed by atoms with Crippen molar-refractivity contribution in [3.8, 4) is 0 Å². The Bertz CT molecular complexity index is 452. The Kier molecular flexibility index (Phi) is 4.34. The summed E-state index contributed by atoms with van der Waals surface area (Å²) >= 11 is 1.74. The van der Waals surface area contributed by atoms with Crippen LogP contribution in [0.2, 0.25) is 0 Å². The van der Waals surface area contributed by atoms with Crippen LogP contribution in [0.1, 0.15) is 32.8 Å². The van der Waals surface area contributed by atoms with E-state index in [1.165, 1.54) is 0 Å². The zero-order chi connectivity index (χ0) is 13.9. The number of hydrogen-bond donors (Lipinski definition) is 1. The molecule has 0 spiro atoms. The maximum atomic E-state index is 11.7. The minimum absolute atomic E-state index is 0.0353. The first kappa shape index (κ1) is 14.2. The van der Waals surface area contributed by atoms with Gasteiger partial charge in [-0.15, -0.1) is 11.8 Å². The Morgan fingerprint density at radius 2 is 2.21 bits per heavy atom. The lowest BCUT2D eigenvalue weighted by Crippen LogP contribution is -2.47. The van der Waals surface area contributed by atoms with Crippen molar-refractivity contribution in [2.45, 2.75) is 43.5 Å². The van der Waals surface area contributed by atoms with Crippen molar-refractivity contribution in [3.05, 3.63) is 23.9 Å². The van der Waals surface area contributed by atoms with E-state index < -0.39 is 0 Å². The zero-order valence-corrected chi connectivity index (χ0v) is 12.6. The number of rotatable bonds is 3. The third-order valence-corrected chi connectivity index (χ3v) is 3.84. The molecule has 0 atom stereocenters. The van der Waals surface area contributed by atoms with Crippen LogP contribution in [0.25, 0.3) is 0 Å². The molecule has 1 aromatic rings. The number of likely N-dealkylation sites (tertiary alicyclic amines) is 1. The number of pyridine rings is 1. The molecule has 1 aliphatic heterocycles. The average molecular weight is 279 g/mol. The van der Waals surface area contributed by atoms with E-state index in [1.54, 1.807) is 18.0 Å². The van der Waals surface area contributed by atoms with Crippen molar-refractivity contribution in [1.82, 2.24) is 15.2 Å². The van der Waals surface area contributed by atoms with Gasteiger partial charge < -0.3 is 10.2 Å². The minimum atomic E-state index is 0.0353. The summed E-state index contributed by atoms with van der Waals surface area (Å²) in [5, 5.41) is 3.94. The molecular weight excluding hydrogens is 258 g/mol. The molecule has 1 aliphatic rings. The summed E-state index contributed by atoms with van der Waals surface area (Å²) in [4.78, 5) is 17.9. The van der Waals surface area contributed by atoms with Gasteiger partial charge in [-0.1, -0.05) is 20.8 Å². The van der Waals surface area contributed by atoms with Gasteiger partial charge in [0, 0.05) is 30.6 Å². The summed E-state index contributed by atoms with van der Waals surface area (Å²) in [6.07, 6.45) is 2.92. The number of urea groups is 1. The van der Waals surface area contributed by atoms with Gasteiger partial charge in [-0.2, -0.15) is 0 Å². The molecular formula is C14H21N3OS. The lowest BCUT2D eigenvalue weighted by atomic mass is 10.2. The van der Waals surface area contributed by atoms with Crippen LogP contribution >= 0.6 is 11.8 Å². The van der Waals surface area contributed by atoms with Gasteiger partial charge in [0.2, 0.25) is 0 Å². The molecule has 1 saturated heterocycles. The number of carbonyl (C=O) groups excluding carboxylic acids is 1. The number of carbonyl (C=O) groups is 1. The van der Waals surface area contributed by atoms with E-state index in [0.29, 0.717) is 6.54 Å². The number of nitrogens with zero attached hydrogens (tertiary/aromatic N) is 2. The van der Waals surface area contributed by atoms with Crippen molar-refractivity contribution < 1.29 is 4.79 Å². The molecule has 5 heteroatoms. The van der Waals surface area contributed by atoms with Crippen LogP contribution in [-0.2, 0) is 6.54 Å². The maximum Gasteiger partial charge on any atom is 0.317 e. The average Bonchev–Trinajstić information content (AvgIpc) is 2.22. The molecule has 0 saturated carbocycles. The van der Waals surface area contributed by atoms with Gasteiger partial charge in [0.25, 0.3) is 0 Å². The molecule has 1 fully saturated rings. The van der Waals surface area contributed by atoms with Crippen LogP contribution in [-0.4, -0.2) is 33.8 Å². The van der Waals surface area contributed by atoms with Gasteiger partial charge in [-0.05, 0) is 24.1 Å². The minimum Gasteiger partial charge on any atom is -0.334 e. The van der Waals surface area contributed by atoms with E-state index in [4.69, 9.17) is 0 Å². The summed E-state index contributed by atoms with van der Waals surface area (Å²) < 4.78 is 0.145. The second kappa shape index (κ2) is 5.82. The van der Waals surface area contributed by atoms with E-state index in [-0.39, 0.29) is 10.8 Å². The molecule has 1 N–H and O–H groups in total. The molecule has 104 valence electrons. The van der Waals surface area contributed by atoms with E-state index in [9.17, 15) is 4.79 Å². The van der Waals surface area contributed by atoms with E-state index >= 15 is 0 Å². The number of hydrogen-bond acceptors (Lipinski definition) is 3. The molecule has 0 unspecified atom stereocenters. The predicted octanol–water partition coefficient (Wildman–Crippen LogP) is 2.89. The second-order valence-corrected chi connectivity index (χ2v) is 7.56. The predicted molar refractivity (Wildman–Crippen MR) is 78.3 cm³/mol. The Balaban J connectivity index is 1.89. The molecule has 0 bridgehead atoms. The summed E-state index contributed by atoms with van der Waals surface area (Å²) in [7, 11) is 0. The number of thioether (sulfide) groups is 1. The van der Waals surface area contributed by atoms with Crippen LogP contribution in [0.3, 0.4) is 0 Å². The first-order valence-electron chi connectivity index (χ1n) is 6.61. The van der Waals surface area contributed by atoms with Crippen LogP contribution in [0.4, 0.5) is 4.79 Å². The second-order valence-electron chi connectivity index (χ2n) is 5.72. The van der Waals surface area contributed by atoms with Crippen molar-refractivity contribution in [2.24, 2.45) is 0 Å².